The number of anilines is 1. The fourth-order valence-corrected chi connectivity index (χ4v) is 7.64. The molecule has 2 N–H and O–H groups in total. The number of hydrogen-bond donors (Lipinski definition) is 2. The summed E-state index contributed by atoms with van der Waals surface area (Å²) in [5, 5.41) is 3.85. The molecule has 41 heavy (non-hydrogen) atoms. The van der Waals surface area contributed by atoms with Crippen molar-refractivity contribution in [1.29, 1.82) is 0 Å². The van der Waals surface area contributed by atoms with Crippen molar-refractivity contribution < 1.29 is 13.8 Å². The molecule has 0 spiro atoms. The molecule has 1 aliphatic carbocycles. The van der Waals surface area contributed by atoms with Crippen LogP contribution in [0.25, 0.3) is 11.6 Å². The predicted octanol–water partition coefficient (Wildman–Crippen LogP) is 5.59. The summed E-state index contributed by atoms with van der Waals surface area (Å²) in [6, 6.07) is 11.2. The van der Waals surface area contributed by atoms with Gasteiger partial charge >= 0.3 is 0 Å². The van der Waals surface area contributed by atoms with Crippen LogP contribution in [0.2, 0.25) is 10.0 Å². The number of amides is 2. The van der Waals surface area contributed by atoms with Crippen molar-refractivity contribution in [3.8, 4) is 0 Å². The normalized spacial score (nSPS) is 19.0. The molecule has 214 valence electrons. The molecule has 2 amide bonds. The lowest BCUT2D eigenvalue weighted by Gasteiger charge is -2.35. The second-order valence-electron chi connectivity index (χ2n) is 11.0. The maximum atomic E-state index is 13.3. The van der Waals surface area contributed by atoms with Gasteiger partial charge in [0.1, 0.15) is 0 Å². The summed E-state index contributed by atoms with van der Waals surface area (Å²) in [5.74, 6) is 0.0779. The average molecular weight is 612 g/mol. The van der Waals surface area contributed by atoms with E-state index in [0.29, 0.717) is 43.7 Å². The number of hydrogen-bond acceptors (Lipinski definition) is 4. The Morgan fingerprint density at radius 2 is 1.76 bits per heavy atom. The minimum absolute atomic E-state index is 0.138. The van der Waals surface area contributed by atoms with Crippen molar-refractivity contribution >= 4 is 63.2 Å². The number of benzene rings is 2. The quantitative estimate of drug-likeness (QED) is 0.342. The van der Waals surface area contributed by atoms with Gasteiger partial charge in [-0.1, -0.05) is 29.3 Å². The molecular weight excluding hydrogens is 579 g/mol. The van der Waals surface area contributed by atoms with Crippen LogP contribution in [0.3, 0.4) is 0 Å². The molecule has 7 nitrogen and oxygen atoms in total. The van der Waals surface area contributed by atoms with Gasteiger partial charge in [-0.15, -0.1) is 0 Å². The molecule has 6 rings (SSSR count). The number of rotatable bonds is 7. The Hall–Kier alpha value is -2.91. The number of carbonyl (C=O) groups is 2. The Bertz CT molecular complexity index is 1580. The molecule has 3 heterocycles. The molecule has 2 aliphatic heterocycles. The van der Waals surface area contributed by atoms with Crippen LogP contribution in [-0.4, -0.2) is 63.0 Å². The minimum Gasteiger partial charge on any atom is -0.359 e. The van der Waals surface area contributed by atoms with Crippen LogP contribution in [0.1, 0.15) is 46.5 Å². The minimum atomic E-state index is -1.42. The zero-order valence-electron chi connectivity index (χ0n) is 23.1. The van der Waals surface area contributed by atoms with Gasteiger partial charge in [-0.25, -0.2) is 0 Å². The van der Waals surface area contributed by atoms with Gasteiger partial charge in [0.05, 0.1) is 28.5 Å². The van der Waals surface area contributed by atoms with E-state index in [2.05, 4.69) is 15.2 Å². The van der Waals surface area contributed by atoms with Gasteiger partial charge in [-0.05, 0) is 74.2 Å². The first-order valence-corrected chi connectivity index (χ1v) is 16.0. The van der Waals surface area contributed by atoms with Crippen LogP contribution < -0.4 is 5.32 Å². The topological polar surface area (TPSA) is 85.5 Å². The number of H-pyrrole nitrogens is 1. The summed E-state index contributed by atoms with van der Waals surface area (Å²) in [6.07, 6.45) is 4.72. The molecule has 1 saturated carbocycles. The second-order valence-corrected chi connectivity index (χ2v) is 13.3. The number of piperazine rings is 1. The summed E-state index contributed by atoms with van der Waals surface area (Å²) in [6.45, 7) is 7.40. The zero-order valence-corrected chi connectivity index (χ0v) is 25.4. The summed E-state index contributed by atoms with van der Waals surface area (Å²) in [5.41, 5.74) is 6.09. The largest absolute Gasteiger partial charge is 0.359 e. The molecule has 1 aromatic heterocycles. The van der Waals surface area contributed by atoms with Crippen molar-refractivity contribution in [2.45, 2.75) is 49.8 Å². The average Bonchev–Trinajstić information content (AvgIpc) is 3.72. The predicted molar refractivity (Wildman–Crippen MR) is 165 cm³/mol. The molecular formula is C31H32Cl2N4O3S. The Balaban J connectivity index is 1.21. The highest BCUT2D eigenvalue weighted by molar-refractivity contribution is 7.84. The number of aryl methyl sites for hydroxylation is 1. The van der Waals surface area contributed by atoms with E-state index in [1.165, 1.54) is 12.8 Å². The van der Waals surface area contributed by atoms with E-state index in [4.69, 9.17) is 23.2 Å². The Morgan fingerprint density at radius 1 is 1.05 bits per heavy atom. The van der Waals surface area contributed by atoms with Crippen LogP contribution in [0.4, 0.5) is 5.69 Å². The molecule has 3 aromatic rings. The molecule has 3 aliphatic rings. The van der Waals surface area contributed by atoms with E-state index in [0.717, 1.165) is 54.7 Å². The smallest absolute Gasteiger partial charge is 0.256 e. The highest BCUT2D eigenvalue weighted by Crippen LogP contribution is 2.36. The first-order valence-electron chi connectivity index (χ1n) is 13.9. The highest BCUT2D eigenvalue weighted by atomic mass is 35.5. The van der Waals surface area contributed by atoms with Gasteiger partial charge < -0.3 is 15.2 Å². The fraction of sp³-hybridized carbons (Fsp3) is 0.355. The molecule has 0 radical (unpaired) electrons. The highest BCUT2D eigenvalue weighted by Gasteiger charge is 2.32. The molecule has 2 fully saturated rings. The maximum absolute atomic E-state index is 13.3. The molecule has 10 heteroatoms. The molecule has 1 atom stereocenters. The van der Waals surface area contributed by atoms with E-state index in [1.54, 1.807) is 36.4 Å². The van der Waals surface area contributed by atoms with Crippen molar-refractivity contribution in [2.24, 2.45) is 0 Å². The standard InChI is InChI=1S/C31H32Cl2N4O3S/c1-18-22(16-30(38)37-12-10-36(11-13-37)20-6-7-20)19(2)34-29(18)15-24-23-14-21(8-9-28(23)35-31(24)39)41(40)17-25-26(32)4-3-5-27(25)33/h3-5,8-9,14-15,20,34H,6-7,10-13,16-17H2,1-2H3,(H,35,39). The van der Waals surface area contributed by atoms with Crippen LogP contribution in [0.15, 0.2) is 41.3 Å². The number of carbonyl (C=O) groups excluding carboxylic acids is 2. The molecule has 1 unspecified atom stereocenters. The third kappa shape index (κ3) is 5.75. The van der Waals surface area contributed by atoms with Crippen molar-refractivity contribution in [2.75, 3.05) is 31.5 Å². The first kappa shape index (κ1) is 28.2. The summed E-state index contributed by atoms with van der Waals surface area (Å²) in [4.78, 5) is 34.6. The van der Waals surface area contributed by atoms with E-state index in [9.17, 15) is 13.8 Å². The van der Waals surface area contributed by atoms with Gasteiger partial charge in [0.25, 0.3) is 5.91 Å². The molecule has 0 bridgehead atoms. The number of fused-ring (bicyclic) bond motifs is 1. The maximum Gasteiger partial charge on any atom is 0.256 e. The third-order valence-corrected chi connectivity index (χ3v) is 10.4. The lowest BCUT2D eigenvalue weighted by Crippen LogP contribution is -2.49. The zero-order chi connectivity index (χ0) is 28.8. The summed E-state index contributed by atoms with van der Waals surface area (Å²) >= 11 is 12.6. The summed E-state index contributed by atoms with van der Waals surface area (Å²) < 4.78 is 13.3. The molecule has 2 aromatic carbocycles. The van der Waals surface area contributed by atoms with Crippen LogP contribution in [0.5, 0.6) is 0 Å². The Labute approximate surface area is 252 Å². The van der Waals surface area contributed by atoms with Crippen LogP contribution >= 0.6 is 23.2 Å². The Kier molecular flexibility index (Phi) is 7.85. The van der Waals surface area contributed by atoms with E-state index < -0.39 is 10.8 Å². The van der Waals surface area contributed by atoms with E-state index in [1.807, 2.05) is 24.8 Å². The third-order valence-electron chi connectivity index (χ3n) is 8.35. The van der Waals surface area contributed by atoms with Crippen LogP contribution in [-0.2, 0) is 32.6 Å². The number of nitrogens with zero attached hydrogens (tertiary/aromatic N) is 2. The lowest BCUT2D eigenvalue weighted by molar-refractivity contribution is -0.132. The van der Waals surface area contributed by atoms with Gasteiger partial charge in [0, 0.05) is 75.4 Å². The Morgan fingerprint density at radius 3 is 2.44 bits per heavy atom. The van der Waals surface area contributed by atoms with Gasteiger partial charge in [0.2, 0.25) is 5.91 Å². The van der Waals surface area contributed by atoms with Gasteiger partial charge in [0.15, 0.2) is 0 Å². The van der Waals surface area contributed by atoms with Gasteiger partial charge in [-0.3, -0.25) is 18.7 Å². The molecule has 1 saturated heterocycles. The van der Waals surface area contributed by atoms with E-state index in [-0.39, 0.29) is 17.6 Å². The lowest BCUT2D eigenvalue weighted by atomic mass is 10.0. The SMILES string of the molecule is Cc1[nH]c(C=C2C(=O)Nc3ccc(S(=O)Cc4c(Cl)cccc4Cl)cc32)c(C)c1CC(=O)N1CCN(C2CC2)CC1. The number of nitrogens with one attached hydrogen (secondary N) is 2. The second kappa shape index (κ2) is 11.4. The fourth-order valence-electron chi connectivity index (χ4n) is 5.74. The number of aromatic nitrogens is 1. The van der Waals surface area contributed by atoms with Crippen molar-refractivity contribution in [1.82, 2.24) is 14.8 Å². The summed E-state index contributed by atoms with van der Waals surface area (Å²) in [7, 11) is -1.42. The van der Waals surface area contributed by atoms with Crippen molar-refractivity contribution in [3.63, 3.8) is 0 Å². The van der Waals surface area contributed by atoms with Crippen molar-refractivity contribution in [3.05, 3.63) is 80.1 Å². The first-order chi connectivity index (χ1) is 19.7. The van der Waals surface area contributed by atoms with E-state index >= 15 is 0 Å². The van der Waals surface area contributed by atoms with Gasteiger partial charge in [-0.2, -0.15) is 0 Å². The number of aromatic amines is 1. The van der Waals surface area contributed by atoms with Crippen LogP contribution in [0, 0.1) is 13.8 Å². The number of halogens is 2. The monoisotopic (exact) mass is 610 g/mol.